The zero-order valence-corrected chi connectivity index (χ0v) is 9.82. The molecule has 19 heavy (non-hydrogen) atoms. The van der Waals surface area contributed by atoms with Gasteiger partial charge in [0.15, 0.2) is 5.82 Å². The maximum Gasteiger partial charge on any atom is 0.346 e. The van der Waals surface area contributed by atoms with Gasteiger partial charge in [-0.3, -0.25) is 0 Å². The summed E-state index contributed by atoms with van der Waals surface area (Å²) in [6.45, 7) is 0. The van der Waals surface area contributed by atoms with E-state index in [9.17, 15) is 4.79 Å². The second kappa shape index (κ2) is 5.56. The van der Waals surface area contributed by atoms with Gasteiger partial charge in [-0.1, -0.05) is 30.3 Å². The van der Waals surface area contributed by atoms with Crippen molar-refractivity contribution in [1.82, 2.24) is 9.97 Å². The van der Waals surface area contributed by atoms with Gasteiger partial charge >= 0.3 is 5.97 Å². The van der Waals surface area contributed by atoms with E-state index in [0.29, 0.717) is 11.4 Å². The van der Waals surface area contributed by atoms with Gasteiger partial charge in [-0.25, -0.2) is 14.8 Å². The van der Waals surface area contributed by atoms with Gasteiger partial charge in [0.2, 0.25) is 0 Å². The second-order valence-corrected chi connectivity index (χ2v) is 3.68. The molecule has 0 amide bonds. The van der Waals surface area contributed by atoms with Crippen molar-refractivity contribution in [1.29, 1.82) is 5.26 Å². The topological polar surface area (TPSA) is 86.9 Å². The first kappa shape index (κ1) is 12.5. The fourth-order valence-corrected chi connectivity index (χ4v) is 1.46. The summed E-state index contributed by atoms with van der Waals surface area (Å²) in [5, 5.41) is 17.4. The molecular formula is C14H9N3O2. The quantitative estimate of drug-likeness (QED) is 0.667. The van der Waals surface area contributed by atoms with Gasteiger partial charge in [-0.2, -0.15) is 5.26 Å². The molecule has 0 aliphatic carbocycles. The van der Waals surface area contributed by atoms with E-state index < -0.39 is 5.97 Å². The standard InChI is InChI=1S/C14H9N3O2/c15-7-12(14(18)19)6-10-8-16-13(17-9-10)11-4-2-1-3-5-11/h1-6,8-9H,(H,18,19)/b12-6-. The van der Waals surface area contributed by atoms with Gasteiger partial charge in [-0.05, 0) is 6.08 Å². The van der Waals surface area contributed by atoms with Crippen molar-refractivity contribution in [3.8, 4) is 17.5 Å². The molecule has 0 atom stereocenters. The third-order valence-electron chi connectivity index (χ3n) is 2.37. The largest absolute Gasteiger partial charge is 0.477 e. The molecule has 92 valence electrons. The molecule has 5 nitrogen and oxygen atoms in total. The Hall–Kier alpha value is -3.00. The number of aromatic nitrogens is 2. The zero-order chi connectivity index (χ0) is 13.7. The van der Waals surface area contributed by atoms with E-state index in [0.717, 1.165) is 5.56 Å². The van der Waals surface area contributed by atoms with Crippen LogP contribution in [0.5, 0.6) is 0 Å². The number of hydrogen-bond acceptors (Lipinski definition) is 4. The van der Waals surface area contributed by atoms with Crippen molar-refractivity contribution in [2.45, 2.75) is 0 Å². The lowest BCUT2D eigenvalue weighted by Crippen LogP contribution is -1.98. The lowest BCUT2D eigenvalue weighted by molar-refractivity contribution is -0.132. The number of rotatable bonds is 3. The summed E-state index contributed by atoms with van der Waals surface area (Å²) in [5.74, 6) is -0.721. The number of carboxylic acids is 1. The lowest BCUT2D eigenvalue weighted by Gasteiger charge is -1.99. The number of hydrogen-bond donors (Lipinski definition) is 1. The first-order valence-electron chi connectivity index (χ1n) is 5.43. The Morgan fingerprint density at radius 3 is 2.37 bits per heavy atom. The van der Waals surface area contributed by atoms with Crippen LogP contribution in [0, 0.1) is 11.3 Å². The predicted octanol–water partition coefficient (Wildman–Crippen LogP) is 2.14. The molecule has 5 heteroatoms. The fraction of sp³-hybridized carbons (Fsp3) is 0. The van der Waals surface area contributed by atoms with Crippen molar-refractivity contribution >= 4 is 12.0 Å². The second-order valence-electron chi connectivity index (χ2n) is 3.68. The smallest absolute Gasteiger partial charge is 0.346 e. The molecule has 0 saturated heterocycles. The van der Waals surface area contributed by atoms with Crippen LogP contribution >= 0.6 is 0 Å². The molecular weight excluding hydrogens is 242 g/mol. The van der Waals surface area contributed by atoms with Crippen LogP contribution in [0.4, 0.5) is 0 Å². The van der Waals surface area contributed by atoms with E-state index in [-0.39, 0.29) is 5.57 Å². The minimum absolute atomic E-state index is 0.351. The third-order valence-corrected chi connectivity index (χ3v) is 2.37. The number of nitriles is 1. The molecule has 0 bridgehead atoms. The van der Waals surface area contributed by atoms with Gasteiger partial charge in [-0.15, -0.1) is 0 Å². The summed E-state index contributed by atoms with van der Waals surface area (Å²) in [5.41, 5.74) is 0.992. The number of nitrogens with zero attached hydrogens (tertiary/aromatic N) is 3. The molecule has 1 heterocycles. The van der Waals surface area contributed by atoms with Crippen molar-refractivity contribution in [3.05, 3.63) is 53.9 Å². The Morgan fingerprint density at radius 1 is 1.21 bits per heavy atom. The van der Waals surface area contributed by atoms with Crippen LogP contribution < -0.4 is 0 Å². The van der Waals surface area contributed by atoms with Crippen molar-refractivity contribution in [2.75, 3.05) is 0 Å². The summed E-state index contributed by atoms with van der Waals surface area (Å²) in [6.07, 6.45) is 4.20. The Bertz CT molecular complexity index is 655. The minimum Gasteiger partial charge on any atom is -0.477 e. The molecule has 0 fully saturated rings. The average Bonchev–Trinajstić information content (AvgIpc) is 2.46. The van der Waals surface area contributed by atoms with E-state index in [1.54, 1.807) is 6.07 Å². The minimum atomic E-state index is -1.27. The van der Waals surface area contributed by atoms with E-state index in [1.807, 2.05) is 30.3 Å². The lowest BCUT2D eigenvalue weighted by atomic mass is 10.2. The van der Waals surface area contributed by atoms with Crippen molar-refractivity contribution < 1.29 is 9.90 Å². The van der Waals surface area contributed by atoms with Gasteiger partial charge in [0.25, 0.3) is 0 Å². The van der Waals surface area contributed by atoms with Crippen LogP contribution in [0.1, 0.15) is 5.56 Å². The highest BCUT2D eigenvalue weighted by molar-refractivity contribution is 5.96. The SMILES string of the molecule is N#C/C(=C/c1cnc(-c2ccccc2)nc1)C(=O)O. The van der Waals surface area contributed by atoms with Gasteiger partial charge in [0, 0.05) is 23.5 Å². The van der Waals surface area contributed by atoms with Gasteiger partial charge < -0.3 is 5.11 Å². The van der Waals surface area contributed by atoms with Crippen molar-refractivity contribution in [2.24, 2.45) is 0 Å². The Kier molecular flexibility index (Phi) is 3.64. The van der Waals surface area contributed by atoms with Crippen molar-refractivity contribution in [3.63, 3.8) is 0 Å². The molecule has 0 aliphatic heterocycles. The highest BCUT2D eigenvalue weighted by Crippen LogP contribution is 2.14. The third kappa shape index (κ3) is 3.01. The van der Waals surface area contributed by atoms with Gasteiger partial charge in [0.1, 0.15) is 11.6 Å². The molecule has 1 aromatic carbocycles. The van der Waals surface area contributed by atoms with E-state index in [4.69, 9.17) is 10.4 Å². The van der Waals surface area contributed by atoms with Crippen LogP contribution in [-0.2, 0) is 4.79 Å². The molecule has 1 N–H and O–H groups in total. The molecule has 0 saturated carbocycles. The highest BCUT2D eigenvalue weighted by Gasteiger charge is 2.06. The average molecular weight is 251 g/mol. The maximum absolute atomic E-state index is 10.7. The first-order valence-corrected chi connectivity index (χ1v) is 5.43. The summed E-state index contributed by atoms with van der Waals surface area (Å²) in [4.78, 5) is 19.0. The number of benzene rings is 1. The van der Waals surface area contributed by atoms with E-state index in [2.05, 4.69) is 9.97 Å². The highest BCUT2D eigenvalue weighted by atomic mass is 16.4. The molecule has 2 aromatic rings. The Morgan fingerprint density at radius 2 is 1.84 bits per heavy atom. The molecule has 0 radical (unpaired) electrons. The van der Waals surface area contributed by atoms with Crippen LogP contribution in [0.2, 0.25) is 0 Å². The normalized spacial score (nSPS) is 10.8. The predicted molar refractivity (Wildman–Crippen MR) is 68.7 cm³/mol. The first-order chi connectivity index (χ1) is 9.20. The Balaban J connectivity index is 2.30. The Labute approximate surface area is 109 Å². The summed E-state index contributed by atoms with van der Waals surface area (Å²) in [7, 11) is 0. The number of carboxylic acid groups (broad SMARTS) is 1. The van der Waals surface area contributed by atoms with Crippen LogP contribution in [0.25, 0.3) is 17.5 Å². The van der Waals surface area contributed by atoms with Crippen LogP contribution in [0.3, 0.4) is 0 Å². The zero-order valence-electron chi connectivity index (χ0n) is 9.82. The molecule has 2 rings (SSSR count). The molecule has 0 spiro atoms. The summed E-state index contributed by atoms with van der Waals surface area (Å²) >= 11 is 0. The molecule has 0 unspecified atom stereocenters. The molecule has 1 aromatic heterocycles. The number of aliphatic carboxylic acids is 1. The monoisotopic (exact) mass is 251 g/mol. The van der Waals surface area contributed by atoms with Crippen LogP contribution in [-0.4, -0.2) is 21.0 Å². The van der Waals surface area contributed by atoms with Gasteiger partial charge in [0.05, 0.1) is 0 Å². The maximum atomic E-state index is 10.7. The van der Waals surface area contributed by atoms with Crippen LogP contribution in [0.15, 0.2) is 48.3 Å². The fourth-order valence-electron chi connectivity index (χ4n) is 1.46. The summed E-state index contributed by atoms with van der Waals surface area (Å²) < 4.78 is 0. The molecule has 0 aliphatic rings. The summed E-state index contributed by atoms with van der Waals surface area (Å²) in [6, 6.07) is 11.0. The van der Waals surface area contributed by atoms with E-state index >= 15 is 0 Å². The van der Waals surface area contributed by atoms with E-state index in [1.165, 1.54) is 18.5 Å². The number of carbonyl (C=O) groups is 1.